The van der Waals surface area contributed by atoms with E-state index in [2.05, 4.69) is 5.10 Å². The first-order valence-electron chi connectivity index (χ1n) is 8.50. The molecule has 0 aromatic carbocycles. The molecule has 3 rings (SSSR count). The van der Waals surface area contributed by atoms with Crippen LogP contribution >= 0.6 is 0 Å². The largest absolute Gasteiger partial charge is 0.396 e. The maximum atomic E-state index is 13.1. The van der Waals surface area contributed by atoms with Crippen LogP contribution in [-0.2, 0) is 16.1 Å². The first-order chi connectivity index (χ1) is 11.1. The van der Waals surface area contributed by atoms with Crippen LogP contribution in [-0.4, -0.2) is 59.1 Å². The number of methoxy groups -OCH3 is 1. The Morgan fingerprint density at radius 2 is 2.22 bits per heavy atom. The smallest absolute Gasteiger partial charge is 0.230 e. The van der Waals surface area contributed by atoms with E-state index in [1.165, 1.54) is 0 Å². The summed E-state index contributed by atoms with van der Waals surface area (Å²) in [6, 6.07) is 1.89. The first-order valence-corrected chi connectivity index (χ1v) is 8.50. The second-order valence-electron chi connectivity index (χ2n) is 7.22. The predicted molar refractivity (Wildman–Crippen MR) is 85.7 cm³/mol. The second-order valence-corrected chi connectivity index (χ2v) is 7.22. The molecule has 0 radical (unpaired) electrons. The van der Waals surface area contributed by atoms with Crippen LogP contribution in [0.1, 0.15) is 32.1 Å². The number of piperidine rings is 1. The van der Waals surface area contributed by atoms with Crippen molar-refractivity contribution in [3.05, 3.63) is 18.5 Å². The fraction of sp³-hybridized carbons (Fsp3) is 0.765. The zero-order valence-electron chi connectivity index (χ0n) is 13.9. The Morgan fingerprint density at radius 1 is 1.39 bits per heavy atom. The van der Waals surface area contributed by atoms with Crippen molar-refractivity contribution < 1.29 is 14.6 Å². The van der Waals surface area contributed by atoms with Gasteiger partial charge in [0.2, 0.25) is 5.91 Å². The van der Waals surface area contributed by atoms with Gasteiger partial charge in [0.05, 0.1) is 18.6 Å². The van der Waals surface area contributed by atoms with Crippen molar-refractivity contribution in [1.82, 2.24) is 14.7 Å². The molecule has 6 heteroatoms. The van der Waals surface area contributed by atoms with Gasteiger partial charge in [-0.2, -0.15) is 5.10 Å². The Kier molecular flexibility index (Phi) is 4.73. The van der Waals surface area contributed by atoms with E-state index >= 15 is 0 Å². The summed E-state index contributed by atoms with van der Waals surface area (Å²) in [7, 11) is 1.68. The summed E-state index contributed by atoms with van der Waals surface area (Å²) in [4.78, 5) is 15.0. The minimum Gasteiger partial charge on any atom is -0.396 e. The van der Waals surface area contributed by atoms with Gasteiger partial charge in [-0.25, -0.2) is 0 Å². The van der Waals surface area contributed by atoms with E-state index in [-0.39, 0.29) is 23.3 Å². The number of aliphatic hydroxyl groups excluding tert-OH is 1. The number of aliphatic hydroxyl groups is 1. The minimum atomic E-state index is -0.272. The number of carbonyl (C=O) groups excluding carboxylic acids is 1. The zero-order chi connectivity index (χ0) is 16.3. The van der Waals surface area contributed by atoms with Gasteiger partial charge in [0.1, 0.15) is 0 Å². The molecule has 1 atom stereocenters. The Hall–Kier alpha value is -1.40. The van der Waals surface area contributed by atoms with Crippen molar-refractivity contribution >= 4 is 5.91 Å². The molecule has 2 fully saturated rings. The van der Waals surface area contributed by atoms with Crippen LogP contribution in [0.15, 0.2) is 18.5 Å². The topological polar surface area (TPSA) is 67.6 Å². The van der Waals surface area contributed by atoms with E-state index < -0.39 is 0 Å². The highest BCUT2D eigenvalue weighted by atomic mass is 16.5. The standard InChI is InChI=1S/C17H27N3O3/c1-23-11-7-16(14-21)4-2-9-19(12-16)15(22)17(5-6-17)13-20-10-3-8-18-20/h3,8,10,21H,2,4-7,9,11-14H2,1H3/t16-/m0/s1. The molecule has 0 bridgehead atoms. The lowest BCUT2D eigenvalue weighted by molar-refractivity contribution is -0.142. The maximum absolute atomic E-state index is 13.1. The summed E-state index contributed by atoms with van der Waals surface area (Å²) in [5.74, 6) is 0.239. The molecule has 1 aromatic rings. The third-order valence-corrected chi connectivity index (χ3v) is 5.45. The summed E-state index contributed by atoms with van der Waals surface area (Å²) < 4.78 is 7.05. The molecule has 1 aliphatic carbocycles. The number of hydrogen-bond acceptors (Lipinski definition) is 4. The van der Waals surface area contributed by atoms with E-state index in [1.54, 1.807) is 13.3 Å². The van der Waals surface area contributed by atoms with Crippen LogP contribution in [0.2, 0.25) is 0 Å². The molecular formula is C17H27N3O3. The van der Waals surface area contributed by atoms with Gasteiger partial charge < -0.3 is 14.7 Å². The molecule has 0 spiro atoms. The van der Waals surface area contributed by atoms with Crippen LogP contribution in [0.5, 0.6) is 0 Å². The number of rotatable bonds is 7. The number of aromatic nitrogens is 2. The van der Waals surface area contributed by atoms with Crippen LogP contribution in [0, 0.1) is 10.8 Å². The lowest BCUT2D eigenvalue weighted by Gasteiger charge is -2.43. The monoisotopic (exact) mass is 321 g/mol. The summed E-state index contributed by atoms with van der Waals surface area (Å²) in [5.41, 5.74) is -0.475. The zero-order valence-corrected chi connectivity index (χ0v) is 13.9. The highest BCUT2D eigenvalue weighted by Gasteiger charge is 2.53. The highest BCUT2D eigenvalue weighted by Crippen LogP contribution is 2.49. The van der Waals surface area contributed by atoms with E-state index in [1.807, 2.05) is 21.8 Å². The van der Waals surface area contributed by atoms with Crippen molar-refractivity contribution in [2.24, 2.45) is 10.8 Å². The third-order valence-electron chi connectivity index (χ3n) is 5.45. The Labute approximate surface area is 137 Å². The molecule has 2 heterocycles. The van der Waals surface area contributed by atoms with Gasteiger partial charge in [-0.15, -0.1) is 0 Å². The SMILES string of the molecule is COCC[C@@]1(CO)CCCN(C(=O)C2(Cn3cccn3)CC2)C1. The quantitative estimate of drug-likeness (QED) is 0.822. The molecule has 23 heavy (non-hydrogen) atoms. The van der Waals surface area contributed by atoms with E-state index in [0.29, 0.717) is 19.7 Å². The van der Waals surface area contributed by atoms with Gasteiger partial charge in [-0.05, 0) is 38.2 Å². The van der Waals surface area contributed by atoms with Gasteiger partial charge in [-0.1, -0.05) is 0 Å². The summed E-state index contributed by atoms with van der Waals surface area (Å²) in [6.45, 7) is 2.85. The Bertz CT molecular complexity index is 527. The predicted octanol–water partition coefficient (Wildman–Crippen LogP) is 1.30. The van der Waals surface area contributed by atoms with Gasteiger partial charge in [0, 0.05) is 44.6 Å². The maximum Gasteiger partial charge on any atom is 0.230 e. The van der Waals surface area contributed by atoms with Gasteiger partial charge >= 0.3 is 0 Å². The molecule has 0 unspecified atom stereocenters. The number of hydrogen-bond donors (Lipinski definition) is 1. The fourth-order valence-corrected chi connectivity index (χ4v) is 3.74. The minimum absolute atomic E-state index is 0.117. The van der Waals surface area contributed by atoms with Crippen molar-refractivity contribution in [3.8, 4) is 0 Å². The summed E-state index contributed by atoms with van der Waals surface area (Å²) >= 11 is 0. The molecule has 1 saturated heterocycles. The van der Waals surface area contributed by atoms with Gasteiger partial charge in [-0.3, -0.25) is 9.48 Å². The summed E-state index contributed by atoms with van der Waals surface area (Å²) in [6.07, 6.45) is 8.26. The van der Waals surface area contributed by atoms with Crippen molar-refractivity contribution in [1.29, 1.82) is 0 Å². The fourth-order valence-electron chi connectivity index (χ4n) is 3.74. The Morgan fingerprint density at radius 3 is 2.83 bits per heavy atom. The lowest BCUT2D eigenvalue weighted by atomic mass is 9.77. The number of likely N-dealkylation sites (tertiary alicyclic amines) is 1. The van der Waals surface area contributed by atoms with Crippen LogP contribution in [0.25, 0.3) is 0 Å². The molecule has 1 amide bonds. The van der Waals surface area contributed by atoms with Crippen molar-refractivity contribution in [3.63, 3.8) is 0 Å². The molecule has 1 N–H and O–H groups in total. The number of carbonyl (C=O) groups is 1. The molecule has 1 aliphatic heterocycles. The van der Waals surface area contributed by atoms with Crippen LogP contribution in [0.4, 0.5) is 0 Å². The molecular weight excluding hydrogens is 294 g/mol. The van der Waals surface area contributed by atoms with E-state index in [9.17, 15) is 9.90 Å². The average molecular weight is 321 g/mol. The Balaban J connectivity index is 1.67. The van der Waals surface area contributed by atoms with Crippen molar-refractivity contribution in [2.75, 3.05) is 33.4 Å². The van der Waals surface area contributed by atoms with Crippen molar-refractivity contribution in [2.45, 2.75) is 38.6 Å². The molecule has 1 saturated carbocycles. The molecule has 6 nitrogen and oxygen atoms in total. The van der Waals surface area contributed by atoms with E-state index in [0.717, 1.165) is 38.6 Å². The molecule has 2 aliphatic rings. The van der Waals surface area contributed by atoms with Crippen LogP contribution < -0.4 is 0 Å². The van der Waals surface area contributed by atoms with Crippen LogP contribution in [0.3, 0.4) is 0 Å². The normalized spacial score (nSPS) is 26.3. The second kappa shape index (κ2) is 6.61. The first kappa shape index (κ1) is 16.5. The number of amides is 1. The highest BCUT2D eigenvalue weighted by molar-refractivity contribution is 5.85. The number of nitrogens with zero attached hydrogens (tertiary/aromatic N) is 3. The summed E-state index contributed by atoms with van der Waals surface area (Å²) in [5, 5.41) is 14.1. The molecule has 128 valence electrons. The molecule has 1 aromatic heterocycles. The average Bonchev–Trinajstić information content (AvgIpc) is 3.18. The van der Waals surface area contributed by atoms with Gasteiger partial charge in [0.15, 0.2) is 0 Å². The van der Waals surface area contributed by atoms with Gasteiger partial charge in [0.25, 0.3) is 0 Å². The third kappa shape index (κ3) is 3.43. The lowest BCUT2D eigenvalue weighted by Crippen LogP contribution is -2.51. The van der Waals surface area contributed by atoms with E-state index in [4.69, 9.17) is 4.74 Å². The number of ether oxygens (including phenoxy) is 1.